The number of rotatable bonds is 2. The maximum atomic E-state index is 12.4. The number of aromatic nitrogens is 1. The zero-order valence-electron chi connectivity index (χ0n) is 10.4. The van der Waals surface area contributed by atoms with E-state index in [4.69, 9.17) is 12.2 Å². The second-order valence-electron chi connectivity index (χ2n) is 4.74. The average Bonchev–Trinajstić information content (AvgIpc) is 3.01. The van der Waals surface area contributed by atoms with Crippen molar-refractivity contribution >= 4 is 40.3 Å². The molecular formula is C14H14N2OS2. The molecule has 3 nitrogen and oxygen atoms in total. The quantitative estimate of drug-likeness (QED) is 0.618. The minimum absolute atomic E-state index is 0.0487. The first-order chi connectivity index (χ1) is 9.25. The van der Waals surface area contributed by atoms with Gasteiger partial charge in [0.05, 0.1) is 10.6 Å². The summed E-state index contributed by atoms with van der Waals surface area (Å²) < 4.78 is 0.694. The van der Waals surface area contributed by atoms with Gasteiger partial charge in [-0.25, -0.2) is 0 Å². The average molecular weight is 290 g/mol. The van der Waals surface area contributed by atoms with Crippen LogP contribution < -0.4 is 0 Å². The van der Waals surface area contributed by atoms with Gasteiger partial charge in [0.2, 0.25) is 0 Å². The highest BCUT2D eigenvalue weighted by atomic mass is 32.2. The summed E-state index contributed by atoms with van der Waals surface area (Å²) in [5, 5.41) is 0. The first kappa shape index (κ1) is 12.8. The summed E-state index contributed by atoms with van der Waals surface area (Å²) in [6.07, 6.45) is 8.09. The van der Waals surface area contributed by atoms with Crippen LogP contribution in [0, 0.1) is 0 Å². The van der Waals surface area contributed by atoms with Crippen LogP contribution in [0.2, 0.25) is 0 Å². The second-order valence-corrected chi connectivity index (χ2v) is 6.42. The minimum atomic E-state index is 0.0487. The molecule has 2 heterocycles. The van der Waals surface area contributed by atoms with E-state index < -0.39 is 0 Å². The summed E-state index contributed by atoms with van der Waals surface area (Å²) in [7, 11) is 0. The summed E-state index contributed by atoms with van der Waals surface area (Å²) in [5.74, 6) is 0.0487. The van der Waals surface area contributed by atoms with Crippen molar-refractivity contribution in [1.29, 1.82) is 0 Å². The minimum Gasteiger partial charge on any atom is -0.290 e. The Morgan fingerprint density at radius 3 is 2.84 bits per heavy atom. The molecule has 1 saturated heterocycles. The SMILES string of the molecule is O=C1C(=Cc2ccccn2)SC(=S)N1C1CCCC1. The van der Waals surface area contributed by atoms with Crippen molar-refractivity contribution in [3.8, 4) is 0 Å². The Kier molecular flexibility index (Phi) is 3.66. The third-order valence-corrected chi connectivity index (χ3v) is 4.81. The van der Waals surface area contributed by atoms with Crippen LogP contribution in [0.15, 0.2) is 29.3 Å². The third kappa shape index (κ3) is 2.58. The molecule has 0 atom stereocenters. The Hall–Kier alpha value is -1.20. The fourth-order valence-corrected chi connectivity index (χ4v) is 3.94. The van der Waals surface area contributed by atoms with Crippen LogP contribution in [0.5, 0.6) is 0 Å². The van der Waals surface area contributed by atoms with Gasteiger partial charge in [0.1, 0.15) is 4.32 Å². The van der Waals surface area contributed by atoms with Crippen LogP contribution in [0.1, 0.15) is 31.4 Å². The summed E-state index contributed by atoms with van der Waals surface area (Å²) in [6, 6.07) is 5.97. The molecule has 0 unspecified atom stereocenters. The van der Waals surface area contributed by atoms with Crippen LogP contribution in [-0.2, 0) is 4.79 Å². The Labute approximate surface area is 122 Å². The number of thioether (sulfide) groups is 1. The number of amides is 1. The monoisotopic (exact) mass is 290 g/mol. The van der Waals surface area contributed by atoms with Gasteiger partial charge in [-0.1, -0.05) is 42.9 Å². The maximum Gasteiger partial charge on any atom is 0.266 e. The molecule has 1 aromatic rings. The molecule has 0 radical (unpaired) electrons. The molecule has 1 amide bonds. The highest BCUT2D eigenvalue weighted by Gasteiger charge is 2.38. The van der Waals surface area contributed by atoms with Crippen molar-refractivity contribution in [3.63, 3.8) is 0 Å². The molecule has 2 aliphatic rings. The number of carbonyl (C=O) groups excluding carboxylic acids is 1. The van der Waals surface area contributed by atoms with Gasteiger partial charge in [-0.2, -0.15) is 0 Å². The molecule has 2 fully saturated rings. The molecule has 19 heavy (non-hydrogen) atoms. The number of pyridine rings is 1. The molecule has 0 spiro atoms. The maximum absolute atomic E-state index is 12.4. The van der Waals surface area contributed by atoms with Gasteiger partial charge in [-0.15, -0.1) is 0 Å². The number of hydrogen-bond donors (Lipinski definition) is 0. The van der Waals surface area contributed by atoms with Crippen LogP contribution in [0.3, 0.4) is 0 Å². The third-order valence-electron chi connectivity index (χ3n) is 3.48. The predicted octanol–water partition coefficient (Wildman–Crippen LogP) is 3.23. The van der Waals surface area contributed by atoms with E-state index in [1.165, 1.54) is 24.6 Å². The molecule has 3 rings (SSSR count). The second kappa shape index (κ2) is 5.43. The van der Waals surface area contributed by atoms with Crippen molar-refractivity contribution in [2.75, 3.05) is 0 Å². The van der Waals surface area contributed by atoms with Crippen LogP contribution >= 0.6 is 24.0 Å². The Morgan fingerprint density at radius 1 is 1.37 bits per heavy atom. The molecule has 1 aliphatic heterocycles. The molecule has 0 aromatic carbocycles. The summed E-state index contributed by atoms with van der Waals surface area (Å²) in [5.41, 5.74) is 0.800. The zero-order valence-corrected chi connectivity index (χ0v) is 12.0. The lowest BCUT2D eigenvalue weighted by atomic mass is 10.2. The van der Waals surface area contributed by atoms with E-state index in [1.54, 1.807) is 6.20 Å². The molecule has 98 valence electrons. The largest absolute Gasteiger partial charge is 0.290 e. The predicted molar refractivity (Wildman–Crippen MR) is 81.5 cm³/mol. The topological polar surface area (TPSA) is 33.2 Å². The van der Waals surface area contributed by atoms with Crippen LogP contribution in [-0.4, -0.2) is 26.2 Å². The van der Waals surface area contributed by atoms with Crippen LogP contribution in [0.4, 0.5) is 0 Å². The molecular weight excluding hydrogens is 276 g/mol. The van der Waals surface area contributed by atoms with E-state index in [-0.39, 0.29) is 5.91 Å². The van der Waals surface area contributed by atoms with Crippen molar-refractivity contribution in [2.24, 2.45) is 0 Å². The molecule has 1 aromatic heterocycles. The molecule has 0 bridgehead atoms. The van der Waals surface area contributed by atoms with Crippen molar-refractivity contribution < 1.29 is 4.79 Å². The number of nitrogens with zero attached hydrogens (tertiary/aromatic N) is 2. The number of carbonyl (C=O) groups is 1. The zero-order chi connectivity index (χ0) is 13.2. The molecule has 0 N–H and O–H groups in total. The normalized spacial score (nSPS) is 22.7. The first-order valence-electron chi connectivity index (χ1n) is 6.44. The van der Waals surface area contributed by atoms with Crippen molar-refractivity contribution in [3.05, 3.63) is 35.0 Å². The molecule has 5 heteroatoms. The van der Waals surface area contributed by atoms with Gasteiger partial charge < -0.3 is 0 Å². The van der Waals surface area contributed by atoms with Crippen molar-refractivity contribution in [2.45, 2.75) is 31.7 Å². The standard InChI is InChI=1S/C14H14N2OS2/c17-13-12(9-10-5-3-4-8-15-10)19-14(18)16(13)11-6-1-2-7-11/h3-5,8-9,11H,1-2,6-7H2. The smallest absolute Gasteiger partial charge is 0.266 e. The fraction of sp³-hybridized carbons (Fsp3) is 0.357. The number of thiocarbonyl (C=S) groups is 1. The van der Waals surface area contributed by atoms with Gasteiger partial charge in [-0.3, -0.25) is 14.7 Å². The summed E-state index contributed by atoms with van der Waals surface area (Å²) in [6.45, 7) is 0. The Balaban J connectivity index is 1.84. The van der Waals surface area contributed by atoms with Gasteiger partial charge >= 0.3 is 0 Å². The highest BCUT2D eigenvalue weighted by Crippen LogP contribution is 2.37. The first-order valence-corrected chi connectivity index (χ1v) is 7.66. The van der Waals surface area contributed by atoms with E-state index in [0.717, 1.165) is 18.5 Å². The van der Waals surface area contributed by atoms with E-state index in [1.807, 2.05) is 29.2 Å². The lowest BCUT2D eigenvalue weighted by Gasteiger charge is -2.21. The Morgan fingerprint density at radius 2 is 2.16 bits per heavy atom. The molecule has 1 saturated carbocycles. The summed E-state index contributed by atoms with van der Waals surface area (Å²) in [4.78, 5) is 19.1. The van der Waals surface area contributed by atoms with E-state index in [0.29, 0.717) is 15.3 Å². The summed E-state index contributed by atoms with van der Waals surface area (Å²) >= 11 is 6.75. The molecule has 1 aliphatic carbocycles. The van der Waals surface area contributed by atoms with Gasteiger partial charge in [-0.05, 0) is 31.1 Å². The Bertz CT molecular complexity index is 536. The number of hydrogen-bond acceptors (Lipinski definition) is 4. The van der Waals surface area contributed by atoms with Crippen LogP contribution in [0.25, 0.3) is 6.08 Å². The van der Waals surface area contributed by atoms with E-state index in [2.05, 4.69) is 4.98 Å². The lowest BCUT2D eigenvalue weighted by molar-refractivity contribution is -0.123. The van der Waals surface area contributed by atoms with Crippen molar-refractivity contribution in [1.82, 2.24) is 9.88 Å². The van der Waals surface area contributed by atoms with Gasteiger partial charge in [0.25, 0.3) is 5.91 Å². The van der Waals surface area contributed by atoms with E-state index >= 15 is 0 Å². The van der Waals surface area contributed by atoms with Gasteiger partial charge in [0.15, 0.2) is 0 Å². The highest BCUT2D eigenvalue weighted by molar-refractivity contribution is 8.26. The van der Waals surface area contributed by atoms with Gasteiger partial charge in [0, 0.05) is 12.2 Å². The fourth-order valence-electron chi connectivity index (χ4n) is 2.55. The lowest BCUT2D eigenvalue weighted by Crippen LogP contribution is -2.36. The van der Waals surface area contributed by atoms with E-state index in [9.17, 15) is 4.79 Å².